The SMILES string of the molecule is N#CC1(Cn2ccc3cc(Cl)cc(-c4ccnc5cc(CN6C(=O)Cc7cccnc76)sc45)c32)CCNCC1. The molecule has 0 spiro atoms. The number of amides is 1. The number of halogens is 1. The highest BCUT2D eigenvalue weighted by molar-refractivity contribution is 7.19. The smallest absolute Gasteiger partial charge is 0.233 e. The zero-order valence-corrected chi connectivity index (χ0v) is 22.7. The van der Waals surface area contributed by atoms with Crippen LogP contribution in [0.2, 0.25) is 5.02 Å². The van der Waals surface area contributed by atoms with Gasteiger partial charge in [-0.1, -0.05) is 17.7 Å². The lowest BCUT2D eigenvalue weighted by molar-refractivity contribution is -0.117. The standard InChI is InChI=1S/C30H25ClN6OS/c31-21-12-19-4-11-36(18-30(17-32)5-9-33-10-6-30)27(19)24(14-21)23-3-8-34-25-15-22(39-28(23)25)16-37-26(38)13-20-2-1-7-35-29(20)37/h1-4,7-8,11-12,14-15,33H,5-6,9-10,13,16,18H2. The first-order valence-corrected chi connectivity index (χ1v) is 14.3. The van der Waals surface area contributed by atoms with E-state index >= 15 is 0 Å². The Labute approximate surface area is 234 Å². The van der Waals surface area contributed by atoms with Crippen LogP contribution >= 0.6 is 22.9 Å². The third-order valence-corrected chi connectivity index (χ3v) is 9.29. The van der Waals surface area contributed by atoms with Crippen molar-refractivity contribution in [2.75, 3.05) is 18.0 Å². The van der Waals surface area contributed by atoms with Crippen molar-refractivity contribution in [3.63, 3.8) is 0 Å². The van der Waals surface area contributed by atoms with Crippen LogP contribution < -0.4 is 10.2 Å². The molecule has 9 heteroatoms. The minimum Gasteiger partial charge on any atom is -0.345 e. The van der Waals surface area contributed by atoms with Crippen LogP contribution in [0.25, 0.3) is 32.2 Å². The fraction of sp³-hybridized carbons (Fsp3) is 0.267. The molecular formula is C30H25ClN6OS. The maximum Gasteiger partial charge on any atom is 0.233 e. The average molecular weight is 553 g/mol. The van der Waals surface area contributed by atoms with Gasteiger partial charge in [-0.3, -0.25) is 14.7 Å². The molecule has 39 heavy (non-hydrogen) atoms. The highest BCUT2D eigenvalue weighted by Gasteiger charge is 2.33. The summed E-state index contributed by atoms with van der Waals surface area (Å²) in [5, 5.41) is 15.2. The Morgan fingerprint density at radius 1 is 1.10 bits per heavy atom. The van der Waals surface area contributed by atoms with Gasteiger partial charge in [0.15, 0.2) is 0 Å². The number of carbonyl (C=O) groups excluding carboxylic acids is 1. The van der Waals surface area contributed by atoms with Gasteiger partial charge in [0.05, 0.1) is 40.2 Å². The maximum atomic E-state index is 12.8. The number of piperidine rings is 1. The van der Waals surface area contributed by atoms with Gasteiger partial charge in [0.2, 0.25) is 5.91 Å². The highest BCUT2D eigenvalue weighted by atomic mass is 35.5. The Kier molecular flexibility index (Phi) is 5.89. The number of hydrogen-bond donors (Lipinski definition) is 1. The molecule has 4 aromatic heterocycles. The minimum atomic E-state index is -0.398. The molecule has 7 rings (SSSR count). The summed E-state index contributed by atoms with van der Waals surface area (Å²) >= 11 is 8.28. The summed E-state index contributed by atoms with van der Waals surface area (Å²) in [6.45, 7) is 2.81. The molecule has 0 atom stereocenters. The van der Waals surface area contributed by atoms with E-state index in [4.69, 9.17) is 11.6 Å². The number of thiophene rings is 1. The Morgan fingerprint density at radius 2 is 1.97 bits per heavy atom. The number of nitriles is 1. The van der Waals surface area contributed by atoms with Gasteiger partial charge in [-0.15, -0.1) is 11.3 Å². The van der Waals surface area contributed by atoms with Crippen molar-refractivity contribution in [2.45, 2.75) is 32.4 Å². The summed E-state index contributed by atoms with van der Waals surface area (Å²) in [6, 6.07) is 16.7. The van der Waals surface area contributed by atoms with Crippen LogP contribution in [-0.4, -0.2) is 33.5 Å². The second-order valence-electron chi connectivity index (χ2n) is 10.4. The predicted molar refractivity (Wildman–Crippen MR) is 155 cm³/mol. The minimum absolute atomic E-state index is 0.0630. The number of aromatic nitrogens is 3. The molecule has 0 aliphatic carbocycles. The first-order chi connectivity index (χ1) is 19.0. The molecule has 2 aliphatic rings. The number of hydrogen-bond acceptors (Lipinski definition) is 6. The van der Waals surface area contributed by atoms with Crippen LogP contribution in [0, 0.1) is 16.7 Å². The Morgan fingerprint density at radius 3 is 2.82 bits per heavy atom. The molecule has 6 heterocycles. The largest absolute Gasteiger partial charge is 0.345 e. The maximum absolute atomic E-state index is 12.8. The van der Waals surface area contributed by atoms with Gasteiger partial charge >= 0.3 is 0 Å². The Balaban J connectivity index is 1.31. The molecule has 5 aromatic rings. The quantitative estimate of drug-likeness (QED) is 0.291. The monoisotopic (exact) mass is 552 g/mol. The van der Waals surface area contributed by atoms with E-state index in [0.29, 0.717) is 24.5 Å². The van der Waals surface area contributed by atoms with Crippen molar-refractivity contribution >= 4 is 55.8 Å². The van der Waals surface area contributed by atoms with Gasteiger partial charge in [0, 0.05) is 57.1 Å². The van der Waals surface area contributed by atoms with Gasteiger partial charge in [0.25, 0.3) is 0 Å². The van der Waals surface area contributed by atoms with Gasteiger partial charge in [-0.05, 0) is 62.3 Å². The molecule has 0 saturated carbocycles. The second-order valence-corrected chi connectivity index (χ2v) is 12.0. The molecule has 194 valence electrons. The molecule has 0 radical (unpaired) electrons. The highest BCUT2D eigenvalue weighted by Crippen LogP contribution is 2.41. The summed E-state index contributed by atoms with van der Waals surface area (Å²) in [4.78, 5) is 24.7. The van der Waals surface area contributed by atoms with Crippen molar-refractivity contribution in [1.29, 1.82) is 5.26 Å². The average Bonchev–Trinajstić information content (AvgIpc) is 3.64. The molecular weight excluding hydrogens is 528 g/mol. The summed E-state index contributed by atoms with van der Waals surface area (Å²) in [5.74, 6) is 0.805. The molecule has 1 N–H and O–H groups in total. The molecule has 2 aliphatic heterocycles. The Hall–Kier alpha value is -3.77. The number of pyridine rings is 2. The number of anilines is 1. The second kappa shape index (κ2) is 9.45. The zero-order valence-electron chi connectivity index (χ0n) is 21.2. The van der Waals surface area contributed by atoms with Gasteiger partial charge in [-0.25, -0.2) is 4.98 Å². The molecule has 7 nitrogen and oxygen atoms in total. The molecule has 1 saturated heterocycles. The summed E-state index contributed by atoms with van der Waals surface area (Å²) < 4.78 is 3.27. The number of nitrogens with zero attached hydrogens (tertiary/aromatic N) is 5. The summed E-state index contributed by atoms with van der Waals surface area (Å²) in [7, 11) is 0. The topological polar surface area (TPSA) is 86.8 Å². The fourth-order valence-corrected chi connectivity index (χ4v) is 7.33. The lowest BCUT2D eigenvalue weighted by atomic mass is 9.80. The number of rotatable bonds is 5. The van der Waals surface area contributed by atoms with E-state index in [1.807, 2.05) is 36.5 Å². The van der Waals surface area contributed by atoms with E-state index in [2.05, 4.69) is 44.3 Å². The molecule has 1 amide bonds. The first kappa shape index (κ1) is 24.3. The van der Waals surface area contributed by atoms with Crippen LogP contribution in [-0.2, 0) is 24.3 Å². The van der Waals surface area contributed by atoms with Crippen LogP contribution in [0.5, 0.6) is 0 Å². The fourth-order valence-electron chi connectivity index (χ4n) is 5.97. The number of benzene rings is 1. The predicted octanol–water partition coefficient (Wildman–Crippen LogP) is 5.95. The molecule has 0 unspecified atom stereocenters. The van der Waals surface area contributed by atoms with Crippen LogP contribution in [0.15, 0.2) is 61.1 Å². The van der Waals surface area contributed by atoms with Gasteiger partial charge in [0.1, 0.15) is 5.82 Å². The van der Waals surface area contributed by atoms with Crippen LogP contribution in [0.4, 0.5) is 5.82 Å². The van der Waals surface area contributed by atoms with E-state index in [1.165, 1.54) is 0 Å². The normalized spacial score (nSPS) is 16.6. The van der Waals surface area contributed by atoms with Crippen molar-refractivity contribution in [3.05, 3.63) is 76.5 Å². The third kappa shape index (κ3) is 4.18. The zero-order chi connectivity index (χ0) is 26.6. The number of carbonyl (C=O) groups is 1. The molecule has 0 bridgehead atoms. The molecule has 1 fully saturated rings. The first-order valence-electron chi connectivity index (χ1n) is 13.1. The third-order valence-electron chi connectivity index (χ3n) is 7.93. The van der Waals surface area contributed by atoms with E-state index in [9.17, 15) is 10.1 Å². The lowest BCUT2D eigenvalue weighted by Gasteiger charge is -2.32. The number of fused-ring (bicyclic) bond motifs is 3. The van der Waals surface area contributed by atoms with E-state index in [-0.39, 0.29) is 5.91 Å². The van der Waals surface area contributed by atoms with Crippen molar-refractivity contribution in [1.82, 2.24) is 19.9 Å². The van der Waals surface area contributed by atoms with Crippen LogP contribution in [0.3, 0.4) is 0 Å². The van der Waals surface area contributed by atoms with Gasteiger partial charge in [-0.2, -0.15) is 5.26 Å². The lowest BCUT2D eigenvalue weighted by Crippen LogP contribution is -2.38. The van der Waals surface area contributed by atoms with Crippen LogP contribution in [0.1, 0.15) is 23.3 Å². The van der Waals surface area contributed by atoms with Crippen molar-refractivity contribution in [2.24, 2.45) is 5.41 Å². The van der Waals surface area contributed by atoms with E-state index in [0.717, 1.165) is 74.4 Å². The van der Waals surface area contributed by atoms with Crippen molar-refractivity contribution < 1.29 is 4.79 Å². The summed E-state index contributed by atoms with van der Waals surface area (Å²) in [6.07, 6.45) is 7.67. The number of nitrogens with one attached hydrogen (secondary N) is 1. The van der Waals surface area contributed by atoms with E-state index in [1.54, 1.807) is 22.4 Å². The molecule has 1 aromatic carbocycles. The summed E-state index contributed by atoms with van der Waals surface area (Å²) in [5.41, 5.74) is 4.60. The van der Waals surface area contributed by atoms with Crippen molar-refractivity contribution in [3.8, 4) is 17.2 Å². The van der Waals surface area contributed by atoms with E-state index < -0.39 is 5.41 Å². The Bertz CT molecular complexity index is 1790. The van der Waals surface area contributed by atoms with Gasteiger partial charge < -0.3 is 9.88 Å².